The molecule has 2 aromatic carbocycles. The van der Waals surface area contributed by atoms with Gasteiger partial charge in [-0.3, -0.25) is 4.79 Å². The van der Waals surface area contributed by atoms with Gasteiger partial charge in [-0.25, -0.2) is 0 Å². The van der Waals surface area contributed by atoms with Crippen LogP contribution in [0.5, 0.6) is 5.75 Å². The van der Waals surface area contributed by atoms with Crippen molar-refractivity contribution in [3.8, 4) is 17.1 Å². The predicted octanol–water partition coefficient (Wildman–Crippen LogP) is 2.92. The number of ketones is 1. The fraction of sp³-hybridized carbons (Fsp3) is 0.176. The van der Waals surface area contributed by atoms with Crippen molar-refractivity contribution < 1.29 is 9.53 Å². The first kappa shape index (κ1) is 15.0. The number of ether oxygens (including phenoxy) is 1. The van der Waals surface area contributed by atoms with Crippen molar-refractivity contribution in [1.29, 1.82) is 0 Å². The molecule has 0 unspecified atom stereocenters. The fourth-order valence-electron chi connectivity index (χ4n) is 2.60. The molecule has 0 saturated heterocycles. The van der Waals surface area contributed by atoms with Crippen LogP contribution < -0.4 is 4.74 Å². The Labute approximate surface area is 146 Å². The van der Waals surface area contributed by atoms with Crippen molar-refractivity contribution in [2.24, 2.45) is 0 Å². The minimum absolute atomic E-state index is 0.0514. The second-order valence-electron chi connectivity index (χ2n) is 5.49. The quantitative estimate of drug-likeness (QED) is 0.646. The SMILES string of the molecule is O=C(Cn1nnc(-c2ccc(Br)cc2)n1)c1ccc2c(c1)CCO2. The maximum absolute atomic E-state index is 12.4. The molecule has 0 atom stereocenters. The van der Waals surface area contributed by atoms with Crippen molar-refractivity contribution in [2.75, 3.05) is 6.61 Å². The average molecular weight is 385 g/mol. The highest BCUT2D eigenvalue weighted by atomic mass is 79.9. The third-order valence-electron chi connectivity index (χ3n) is 3.85. The second-order valence-corrected chi connectivity index (χ2v) is 6.41. The molecule has 3 aromatic rings. The molecule has 0 bridgehead atoms. The van der Waals surface area contributed by atoms with Crippen molar-refractivity contribution in [3.63, 3.8) is 0 Å². The van der Waals surface area contributed by atoms with Crippen LogP contribution in [0.3, 0.4) is 0 Å². The molecule has 7 heteroatoms. The summed E-state index contributed by atoms with van der Waals surface area (Å²) in [5.74, 6) is 1.31. The highest BCUT2D eigenvalue weighted by Gasteiger charge is 2.16. The van der Waals surface area contributed by atoms with E-state index in [4.69, 9.17) is 4.74 Å². The van der Waals surface area contributed by atoms with Gasteiger partial charge < -0.3 is 4.74 Å². The zero-order valence-electron chi connectivity index (χ0n) is 12.6. The van der Waals surface area contributed by atoms with Crippen LogP contribution in [-0.2, 0) is 13.0 Å². The maximum atomic E-state index is 12.4. The molecule has 1 aliphatic heterocycles. The Morgan fingerprint density at radius 3 is 2.88 bits per heavy atom. The van der Waals surface area contributed by atoms with E-state index in [1.165, 1.54) is 4.80 Å². The summed E-state index contributed by atoms with van der Waals surface area (Å²) in [6, 6.07) is 13.1. The number of halogens is 1. The lowest BCUT2D eigenvalue weighted by molar-refractivity contribution is 0.0961. The molecule has 120 valence electrons. The van der Waals surface area contributed by atoms with Crippen LogP contribution >= 0.6 is 15.9 Å². The summed E-state index contributed by atoms with van der Waals surface area (Å²) in [5.41, 5.74) is 2.57. The predicted molar refractivity (Wildman–Crippen MR) is 90.9 cm³/mol. The molecule has 0 saturated carbocycles. The van der Waals surface area contributed by atoms with Crippen molar-refractivity contribution in [3.05, 3.63) is 58.1 Å². The van der Waals surface area contributed by atoms with E-state index in [0.717, 1.165) is 27.8 Å². The van der Waals surface area contributed by atoms with E-state index in [9.17, 15) is 4.79 Å². The molecule has 0 fully saturated rings. The highest BCUT2D eigenvalue weighted by molar-refractivity contribution is 9.10. The number of benzene rings is 2. The largest absolute Gasteiger partial charge is 0.493 e. The van der Waals surface area contributed by atoms with E-state index >= 15 is 0 Å². The second kappa shape index (κ2) is 6.16. The van der Waals surface area contributed by atoms with Crippen LogP contribution in [0.1, 0.15) is 15.9 Å². The van der Waals surface area contributed by atoms with E-state index in [1.807, 2.05) is 36.4 Å². The Morgan fingerprint density at radius 1 is 1.21 bits per heavy atom. The Balaban J connectivity index is 1.51. The van der Waals surface area contributed by atoms with Crippen LogP contribution in [0.2, 0.25) is 0 Å². The number of hydrogen-bond acceptors (Lipinski definition) is 5. The van der Waals surface area contributed by atoms with E-state index in [2.05, 4.69) is 31.3 Å². The maximum Gasteiger partial charge on any atom is 0.204 e. The monoisotopic (exact) mass is 384 g/mol. The van der Waals surface area contributed by atoms with Crippen LogP contribution in [0.4, 0.5) is 0 Å². The molecular formula is C17H13BrN4O2. The molecule has 1 aromatic heterocycles. The summed E-state index contributed by atoms with van der Waals surface area (Å²) >= 11 is 3.39. The van der Waals surface area contributed by atoms with E-state index in [1.54, 1.807) is 6.07 Å². The van der Waals surface area contributed by atoms with Crippen LogP contribution in [-0.4, -0.2) is 32.6 Å². The summed E-state index contributed by atoms with van der Waals surface area (Å²) in [5, 5.41) is 12.3. The molecule has 1 aliphatic rings. The Kier molecular flexibility index (Phi) is 3.86. The van der Waals surface area contributed by atoms with Gasteiger partial charge in [-0.2, -0.15) is 4.80 Å². The van der Waals surface area contributed by atoms with Crippen LogP contribution in [0, 0.1) is 0 Å². The standard InChI is InChI=1S/C17H13BrN4O2/c18-14-4-1-11(2-5-14)17-19-21-22(20-17)10-15(23)12-3-6-16-13(9-12)7-8-24-16/h1-6,9H,7-8,10H2. The fourth-order valence-corrected chi connectivity index (χ4v) is 2.87. The molecule has 0 spiro atoms. The summed E-state index contributed by atoms with van der Waals surface area (Å²) in [6.45, 7) is 0.733. The zero-order valence-corrected chi connectivity index (χ0v) is 14.2. The van der Waals surface area contributed by atoms with Gasteiger partial charge in [0.2, 0.25) is 5.82 Å². The topological polar surface area (TPSA) is 69.9 Å². The smallest absolute Gasteiger partial charge is 0.204 e. The van der Waals surface area contributed by atoms with E-state index < -0.39 is 0 Å². The third kappa shape index (κ3) is 2.94. The molecular weight excluding hydrogens is 372 g/mol. The number of tetrazole rings is 1. The van der Waals surface area contributed by atoms with Crippen molar-refractivity contribution in [1.82, 2.24) is 20.2 Å². The molecule has 0 aliphatic carbocycles. The lowest BCUT2D eigenvalue weighted by atomic mass is 10.1. The number of carbonyl (C=O) groups is 1. The number of hydrogen-bond donors (Lipinski definition) is 0. The lowest BCUT2D eigenvalue weighted by Gasteiger charge is -2.03. The number of fused-ring (bicyclic) bond motifs is 1. The van der Waals surface area contributed by atoms with Gasteiger partial charge in [0.15, 0.2) is 5.78 Å². The Bertz CT molecular complexity index is 905. The molecule has 4 rings (SSSR count). The van der Waals surface area contributed by atoms with Crippen LogP contribution in [0.15, 0.2) is 46.9 Å². The van der Waals surface area contributed by atoms with Gasteiger partial charge in [0, 0.05) is 22.0 Å². The Hall–Kier alpha value is -2.54. The number of carbonyl (C=O) groups excluding carboxylic acids is 1. The van der Waals surface area contributed by atoms with Gasteiger partial charge in [0.05, 0.1) is 6.61 Å². The summed E-state index contributed by atoms with van der Waals surface area (Å²) in [7, 11) is 0. The lowest BCUT2D eigenvalue weighted by Crippen LogP contribution is -2.13. The first-order valence-corrected chi connectivity index (χ1v) is 8.31. The van der Waals surface area contributed by atoms with Gasteiger partial charge in [0.1, 0.15) is 12.3 Å². The van der Waals surface area contributed by atoms with Gasteiger partial charge in [-0.15, -0.1) is 10.2 Å². The molecule has 6 nitrogen and oxygen atoms in total. The van der Waals surface area contributed by atoms with Gasteiger partial charge in [-0.1, -0.05) is 15.9 Å². The third-order valence-corrected chi connectivity index (χ3v) is 4.38. The van der Waals surface area contributed by atoms with Crippen molar-refractivity contribution >= 4 is 21.7 Å². The summed E-state index contributed by atoms with van der Waals surface area (Å²) in [6.07, 6.45) is 0.839. The molecule has 24 heavy (non-hydrogen) atoms. The normalized spacial score (nSPS) is 12.7. The number of aromatic nitrogens is 4. The minimum atomic E-state index is -0.0514. The number of nitrogens with zero attached hydrogens (tertiary/aromatic N) is 4. The minimum Gasteiger partial charge on any atom is -0.493 e. The zero-order chi connectivity index (χ0) is 16.5. The molecule has 0 N–H and O–H groups in total. The molecule has 0 amide bonds. The summed E-state index contributed by atoms with van der Waals surface area (Å²) in [4.78, 5) is 13.8. The first-order valence-electron chi connectivity index (χ1n) is 7.52. The molecule has 0 radical (unpaired) electrons. The van der Waals surface area contributed by atoms with Gasteiger partial charge in [0.25, 0.3) is 0 Å². The van der Waals surface area contributed by atoms with Crippen LogP contribution in [0.25, 0.3) is 11.4 Å². The number of Topliss-reactive ketones (excluding diaryl/α,β-unsaturated/α-hetero) is 1. The first-order chi connectivity index (χ1) is 11.7. The highest BCUT2D eigenvalue weighted by Crippen LogP contribution is 2.26. The average Bonchev–Trinajstić information content (AvgIpc) is 3.24. The van der Waals surface area contributed by atoms with Crippen molar-refractivity contribution in [2.45, 2.75) is 13.0 Å². The van der Waals surface area contributed by atoms with Gasteiger partial charge >= 0.3 is 0 Å². The number of rotatable bonds is 4. The van der Waals surface area contributed by atoms with E-state index in [0.29, 0.717) is 18.0 Å². The summed E-state index contributed by atoms with van der Waals surface area (Å²) < 4.78 is 6.44. The Morgan fingerprint density at radius 2 is 2.04 bits per heavy atom. The van der Waals surface area contributed by atoms with Gasteiger partial charge in [-0.05, 0) is 53.2 Å². The van der Waals surface area contributed by atoms with E-state index in [-0.39, 0.29) is 12.3 Å². The molecule has 2 heterocycles.